The van der Waals surface area contributed by atoms with E-state index in [2.05, 4.69) is 13.8 Å². The summed E-state index contributed by atoms with van der Waals surface area (Å²) in [6, 6.07) is 6.90. The van der Waals surface area contributed by atoms with Crippen LogP contribution in [0.1, 0.15) is 79.2 Å². The van der Waals surface area contributed by atoms with Crippen LogP contribution < -0.4 is 0 Å². The van der Waals surface area contributed by atoms with Crippen molar-refractivity contribution < 1.29 is 23.1 Å². The number of aliphatic hydroxyl groups excluding tert-OH is 1. The van der Waals surface area contributed by atoms with Gasteiger partial charge in [0, 0.05) is 6.92 Å². The molecule has 0 aromatic heterocycles. The monoisotopic (exact) mass is 502 g/mol. The number of hydrogen-bond acceptors (Lipinski definition) is 5. The highest BCUT2D eigenvalue weighted by Gasteiger charge is 2.44. The molecule has 1 aliphatic rings. The van der Waals surface area contributed by atoms with Crippen molar-refractivity contribution in [3.8, 4) is 0 Å². The number of hydrogen-bond donors (Lipinski definition) is 1. The quantitative estimate of drug-likeness (QED) is 0.302. The summed E-state index contributed by atoms with van der Waals surface area (Å²) >= 11 is 0. The number of ether oxygens (including phenoxy) is 1. The minimum atomic E-state index is -3.84. The van der Waals surface area contributed by atoms with Gasteiger partial charge in [0.1, 0.15) is 11.9 Å². The number of rotatable bonds is 10. The maximum atomic E-state index is 14.0. The molecule has 2 atom stereocenters. The van der Waals surface area contributed by atoms with Crippen LogP contribution in [0.15, 0.2) is 63.6 Å². The number of esters is 1. The first kappa shape index (κ1) is 29.1. The second-order valence-electron chi connectivity index (χ2n) is 10.5. The third-order valence-electron chi connectivity index (χ3n) is 6.99. The van der Waals surface area contributed by atoms with Gasteiger partial charge in [0.05, 0.1) is 11.0 Å². The van der Waals surface area contributed by atoms with E-state index in [1.165, 1.54) is 6.92 Å². The lowest BCUT2D eigenvalue weighted by Gasteiger charge is -2.40. The van der Waals surface area contributed by atoms with Gasteiger partial charge < -0.3 is 9.84 Å². The molecule has 0 bridgehead atoms. The molecular formula is C29H42O5S. The fraction of sp³-hybridized carbons (Fsp3) is 0.552. The zero-order chi connectivity index (χ0) is 26.4. The predicted octanol–water partition coefficient (Wildman–Crippen LogP) is 6.26. The van der Waals surface area contributed by atoms with Gasteiger partial charge in [-0.05, 0) is 94.6 Å². The molecule has 1 aliphatic carbocycles. The van der Waals surface area contributed by atoms with E-state index in [4.69, 9.17) is 4.74 Å². The summed E-state index contributed by atoms with van der Waals surface area (Å²) < 4.78 is 33.0. The maximum Gasteiger partial charge on any atom is 0.302 e. The summed E-state index contributed by atoms with van der Waals surface area (Å²) in [6.45, 7) is 13.5. The molecule has 0 amide bonds. The van der Waals surface area contributed by atoms with Crippen molar-refractivity contribution in [2.75, 3.05) is 6.61 Å². The first-order chi connectivity index (χ1) is 16.3. The van der Waals surface area contributed by atoms with Crippen LogP contribution in [-0.2, 0) is 19.4 Å². The zero-order valence-electron chi connectivity index (χ0n) is 22.3. The van der Waals surface area contributed by atoms with Crippen LogP contribution in [0.5, 0.6) is 0 Å². The lowest BCUT2D eigenvalue weighted by atomic mass is 9.70. The van der Waals surface area contributed by atoms with Gasteiger partial charge in [-0.15, -0.1) is 0 Å². The second-order valence-corrected chi connectivity index (χ2v) is 12.6. The summed E-state index contributed by atoms with van der Waals surface area (Å²) in [5.41, 5.74) is 4.31. The highest BCUT2D eigenvalue weighted by molar-refractivity contribution is 7.92. The Bertz CT molecular complexity index is 1090. The van der Waals surface area contributed by atoms with Gasteiger partial charge in [0.2, 0.25) is 0 Å². The number of allylic oxidation sites excluding steroid dienone is 3. The molecule has 1 aromatic carbocycles. The van der Waals surface area contributed by atoms with Gasteiger partial charge in [-0.1, -0.05) is 48.8 Å². The number of carbonyl (C=O) groups is 1. The number of aliphatic hydroxyl groups is 1. The van der Waals surface area contributed by atoms with Crippen molar-refractivity contribution in [1.29, 1.82) is 0 Å². The van der Waals surface area contributed by atoms with Gasteiger partial charge >= 0.3 is 5.97 Å². The van der Waals surface area contributed by atoms with E-state index in [1.54, 1.807) is 24.3 Å². The summed E-state index contributed by atoms with van der Waals surface area (Å²) in [6.07, 6.45) is 6.79. The number of aryl methyl sites for hydroxylation is 1. The average molecular weight is 503 g/mol. The molecule has 2 rings (SSSR count). The van der Waals surface area contributed by atoms with Gasteiger partial charge in [0.25, 0.3) is 0 Å². The van der Waals surface area contributed by atoms with Crippen LogP contribution in [0.3, 0.4) is 0 Å². The summed E-state index contributed by atoms with van der Waals surface area (Å²) in [4.78, 5) is 11.2. The Morgan fingerprint density at radius 3 is 2.31 bits per heavy atom. The van der Waals surface area contributed by atoms with Crippen molar-refractivity contribution in [1.82, 2.24) is 0 Å². The molecule has 1 aromatic rings. The zero-order valence-corrected chi connectivity index (χ0v) is 23.2. The molecule has 194 valence electrons. The summed E-state index contributed by atoms with van der Waals surface area (Å²) in [5.74, 6) is -0.316. The molecule has 0 saturated heterocycles. The molecular weight excluding hydrogens is 460 g/mol. The normalized spacial score (nSPS) is 18.9. The lowest BCUT2D eigenvalue weighted by molar-refractivity contribution is -0.139. The fourth-order valence-electron chi connectivity index (χ4n) is 4.92. The third kappa shape index (κ3) is 7.65. The van der Waals surface area contributed by atoms with Gasteiger partial charge in [0.15, 0.2) is 9.84 Å². The highest BCUT2D eigenvalue weighted by atomic mass is 32.2. The van der Waals surface area contributed by atoms with E-state index in [1.807, 2.05) is 39.8 Å². The third-order valence-corrected chi connectivity index (χ3v) is 9.08. The molecule has 0 saturated carbocycles. The second kappa shape index (κ2) is 12.2. The predicted molar refractivity (Wildman–Crippen MR) is 142 cm³/mol. The van der Waals surface area contributed by atoms with E-state index in [-0.39, 0.29) is 22.9 Å². The fourth-order valence-corrected chi connectivity index (χ4v) is 7.11. The Balaban J connectivity index is 2.40. The van der Waals surface area contributed by atoms with Crippen molar-refractivity contribution in [3.63, 3.8) is 0 Å². The first-order valence-corrected chi connectivity index (χ1v) is 14.0. The minimum Gasteiger partial charge on any atom is -0.462 e. The maximum absolute atomic E-state index is 14.0. The molecule has 5 nitrogen and oxygen atoms in total. The Kier molecular flexibility index (Phi) is 10.1. The molecule has 0 radical (unpaired) electrons. The molecule has 35 heavy (non-hydrogen) atoms. The van der Waals surface area contributed by atoms with Gasteiger partial charge in [-0.2, -0.15) is 0 Å². The van der Waals surface area contributed by atoms with Crippen molar-refractivity contribution in [2.45, 2.75) is 96.8 Å². The van der Waals surface area contributed by atoms with E-state index >= 15 is 0 Å². The smallest absolute Gasteiger partial charge is 0.302 e. The standard InChI is InChI=1S/C29H42O5S/c1-20(17-19-34-24(5)30)10-8-11-23(4)27(31)28(26-22(3)12-9-18-29(26,6)7)35(32,33)25-15-13-21(2)14-16-25/h11,13-17,27-28,31H,8-10,12,18-19H2,1-7H3. The molecule has 2 unspecified atom stereocenters. The van der Waals surface area contributed by atoms with Gasteiger partial charge in [-0.25, -0.2) is 8.42 Å². The number of carbonyl (C=O) groups excluding carboxylic acids is 1. The van der Waals surface area contributed by atoms with E-state index in [9.17, 15) is 18.3 Å². The topological polar surface area (TPSA) is 80.7 Å². The highest BCUT2D eigenvalue weighted by Crippen LogP contribution is 2.46. The van der Waals surface area contributed by atoms with Crippen molar-refractivity contribution in [2.24, 2.45) is 5.41 Å². The minimum absolute atomic E-state index is 0.242. The first-order valence-electron chi connectivity index (χ1n) is 12.4. The largest absolute Gasteiger partial charge is 0.462 e. The van der Waals surface area contributed by atoms with Crippen molar-refractivity contribution in [3.05, 3.63) is 64.3 Å². The lowest BCUT2D eigenvalue weighted by Crippen LogP contribution is -2.42. The average Bonchev–Trinajstić information content (AvgIpc) is 2.75. The van der Waals surface area contributed by atoms with E-state index in [0.29, 0.717) is 12.0 Å². The number of benzene rings is 1. The van der Waals surface area contributed by atoms with Crippen LogP contribution in [-0.4, -0.2) is 37.5 Å². The van der Waals surface area contributed by atoms with Crippen LogP contribution in [0.2, 0.25) is 0 Å². The van der Waals surface area contributed by atoms with Crippen LogP contribution in [0.4, 0.5) is 0 Å². The van der Waals surface area contributed by atoms with E-state index < -0.39 is 21.2 Å². The Morgan fingerprint density at radius 1 is 1.11 bits per heavy atom. The molecule has 0 spiro atoms. The van der Waals surface area contributed by atoms with Crippen molar-refractivity contribution >= 4 is 15.8 Å². The summed E-state index contributed by atoms with van der Waals surface area (Å²) in [7, 11) is -3.84. The molecule has 1 N–H and O–H groups in total. The van der Waals surface area contributed by atoms with Crippen LogP contribution >= 0.6 is 0 Å². The van der Waals surface area contributed by atoms with Crippen LogP contribution in [0.25, 0.3) is 0 Å². The van der Waals surface area contributed by atoms with E-state index in [0.717, 1.165) is 48.0 Å². The Labute approximate surface area is 211 Å². The molecule has 6 heteroatoms. The Hall–Kier alpha value is -2.18. The number of sulfone groups is 1. The van der Waals surface area contributed by atoms with Gasteiger partial charge in [-0.3, -0.25) is 4.79 Å². The molecule has 0 fully saturated rings. The Morgan fingerprint density at radius 2 is 1.74 bits per heavy atom. The SMILES string of the molecule is CC(=O)OCC=C(C)CCC=C(C)C(O)C(C1=C(C)CCCC1(C)C)S(=O)(=O)c1ccc(C)cc1. The molecule has 0 heterocycles. The van der Waals surface area contributed by atoms with Crippen LogP contribution in [0, 0.1) is 12.3 Å². The summed E-state index contributed by atoms with van der Waals surface area (Å²) in [5, 5.41) is 10.5. The molecule has 0 aliphatic heterocycles.